The molecule has 0 aliphatic heterocycles. The summed E-state index contributed by atoms with van der Waals surface area (Å²) in [5.74, 6) is -0.0207. The van der Waals surface area contributed by atoms with Crippen LogP contribution in [0.4, 0.5) is 0 Å². The number of nitrogens with one attached hydrogen (secondary N) is 2. The molecule has 0 aliphatic carbocycles. The van der Waals surface area contributed by atoms with E-state index < -0.39 is 10.0 Å². The van der Waals surface area contributed by atoms with E-state index in [0.29, 0.717) is 0 Å². The predicted molar refractivity (Wildman–Crippen MR) is 82.9 cm³/mol. The first-order valence-corrected chi connectivity index (χ1v) is 8.33. The van der Waals surface area contributed by atoms with Crippen LogP contribution in [0, 0.1) is 0 Å². The van der Waals surface area contributed by atoms with Gasteiger partial charge in [0.25, 0.3) is 0 Å². The maximum Gasteiger partial charge on any atom is 0.216 e. The Labute approximate surface area is 125 Å². The van der Waals surface area contributed by atoms with Gasteiger partial charge in [0.15, 0.2) is 0 Å². The van der Waals surface area contributed by atoms with Gasteiger partial charge in [0.1, 0.15) is 0 Å². The van der Waals surface area contributed by atoms with Crippen LogP contribution < -0.4 is 10.0 Å². The Balaban J connectivity index is 1.94. The zero-order valence-corrected chi connectivity index (χ0v) is 12.7. The monoisotopic (exact) mass is 305 g/mol. The fraction of sp³-hybridized carbons (Fsp3) is 0.267. The van der Waals surface area contributed by atoms with Crippen LogP contribution in [-0.4, -0.2) is 20.4 Å². The first kappa shape index (κ1) is 15.6. The zero-order chi connectivity index (χ0) is 15.1. The summed E-state index contributed by atoms with van der Waals surface area (Å²) in [7, 11) is -1.48. The molecular formula is C15H19N3O2S. The summed E-state index contributed by atoms with van der Waals surface area (Å²) in [6.45, 7) is 1.03. The number of hydrogen-bond donors (Lipinski definition) is 2. The molecule has 0 saturated heterocycles. The van der Waals surface area contributed by atoms with E-state index in [-0.39, 0.29) is 12.3 Å². The average Bonchev–Trinajstić information content (AvgIpc) is 2.48. The van der Waals surface area contributed by atoms with Crippen molar-refractivity contribution >= 4 is 10.0 Å². The Hall–Kier alpha value is -1.76. The highest BCUT2D eigenvalue weighted by molar-refractivity contribution is 7.88. The van der Waals surface area contributed by atoms with Gasteiger partial charge in [-0.25, -0.2) is 13.1 Å². The summed E-state index contributed by atoms with van der Waals surface area (Å²) < 4.78 is 26.7. The molecule has 0 aliphatic rings. The van der Waals surface area contributed by atoms with Gasteiger partial charge in [-0.3, -0.25) is 4.98 Å². The molecule has 0 fully saturated rings. The third-order valence-electron chi connectivity index (χ3n) is 2.98. The molecule has 2 rings (SSSR count). The first-order chi connectivity index (χ1) is 10.1. The number of nitrogens with zero attached hydrogens (tertiary/aromatic N) is 1. The van der Waals surface area contributed by atoms with E-state index in [9.17, 15) is 8.42 Å². The minimum Gasteiger partial charge on any atom is -0.316 e. The van der Waals surface area contributed by atoms with Gasteiger partial charge in [-0.2, -0.15) is 0 Å². The van der Waals surface area contributed by atoms with Gasteiger partial charge in [0.2, 0.25) is 10.0 Å². The molecule has 2 N–H and O–H groups in total. The molecule has 0 bridgehead atoms. The molecule has 21 heavy (non-hydrogen) atoms. The van der Waals surface area contributed by atoms with Gasteiger partial charge in [-0.1, -0.05) is 30.3 Å². The molecular weight excluding hydrogens is 286 g/mol. The largest absolute Gasteiger partial charge is 0.316 e. The molecule has 0 radical (unpaired) electrons. The summed E-state index contributed by atoms with van der Waals surface area (Å²) in [6.07, 6.45) is 3.31. The average molecular weight is 305 g/mol. The lowest BCUT2D eigenvalue weighted by atomic mass is 10.1. The lowest BCUT2D eigenvalue weighted by molar-refractivity contribution is 0.580. The van der Waals surface area contributed by atoms with Gasteiger partial charge in [0.05, 0.1) is 5.75 Å². The molecule has 0 amide bonds. The minimum absolute atomic E-state index is 0.0207. The summed E-state index contributed by atoms with van der Waals surface area (Å²) in [6, 6.07) is 11.2. The third kappa shape index (κ3) is 5.26. The van der Waals surface area contributed by atoms with Gasteiger partial charge in [-0.05, 0) is 29.8 Å². The van der Waals surface area contributed by atoms with Crippen LogP contribution in [0.2, 0.25) is 0 Å². The second-order valence-corrected chi connectivity index (χ2v) is 6.60. The Bertz CT molecular complexity index is 655. The molecule has 2 aromatic rings. The van der Waals surface area contributed by atoms with Crippen molar-refractivity contribution in [3.8, 4) is 0 Å². The highest BCUT2D eigenvalue weighted by Gasteiger charge is 2.11. The summed E-state index contributed by atoms with van der Waals surface area (Å²) >= 11 is 0. The van der Waals surface area contributed by atoms with E-state index in [2.05, 4.69) is 15.0 Å². The van der Waals surface area contributed by atoms with E-state index in [0.717, 1.165) is 23.2 Å². The van der Waals surface area contributed by atoms with Gasteiger partial charge in [0, 0.05) is 25.5 Å². The summed E-state index contributed by atoms with van der Waals surface area (Å²) in [5, 5.41) is 3.05. The van der Waals surface area contributed by atoms with Crippen molar-refractivity contribution in [1.29, 1.82) is 0 Å². The summed E-state index contributed by atoms with van der Waals surface area (Å²) in [5.41, 5.74) is 2.74. The third-order valence-corrected chi connectivity index (χ3v) is 4.28. The van der Waals surface area contributed by atoms with Crippen molar-refractivity contribution in [2.75, 3.05) is 7.05 Å². The van der Waals surface area contributed by atoms with Crippen molar-refractivity contribution in [1.82, 2.24) is 15.0 Å². The van der Waals surface area contributed by atoms with E-state index >= 15 is 0 Å². The minimum atomic E-state index is -3.35. The number of hydrogen-bond acceptors (Lipinski definition) is 4. The maximum atomic E-state index is 12.0. The fourth-order valence-electron chi connectivity index (χ4n) is 1.92. The highest BCUT2D eigenvalue weighted by atomic mass is 32.2. The normalized spacial score (nSPS) is 11.5. The molecule has 5 nitrogen and oxygen atoms in total. The molecule has 6 heteroatoms. The number of benzene rings is 1. The van der Waals surface area contributed by atoms with Gasteiger partial charge < -0.3 is 5.32 Å². The van der Waals surface area contributed by atoms with Gasteiger partial charge >= 0.3 is 0 Å². The molecule has 1 aromatic carbocycles. The molecule has 0 saturated carbocycles. The number of rotatable bonds is 7. The lowest BCUT2D eigenvalue weighted by Gasteiger charge is -2.07. The van der Waals surface area contributed by atoms with E-state index in [1.165, 1.54) is 0 Å². The molecule has 112 valence electrons. The zero-order valence-electron chi connectivity index (χ0n) is 11.9. The Morgan fingerprint density at radius 2 is 1.71 bits per heavy atom. The van der Waals surface area contributed by atoms with E-state index in [1.807, 2.05) is 37.4 Å². The first-order valence-electron chi connectivity index (χ1n) is 6.68. The van der Waals surface area contributed by atoms with Crippen LogP contribution in [0.25, 0.3) is 0 Å². The van der Waals surface area contributed by atoms with Crippen molar-refractivity contribution < 1.29 is 8.42 Å². The molecule has 1 heterocycles. The number of aromatic nitrogens is 1. The number of pyridine rings is 1. The quantitative estimate of drug-likeness (QED) is 0.811. The fourth-order valence-corrected chi connectivity index (χ4v) is 3.04. The standard InChI is InChI=1S/C15H19N3O2S/c1-16-9-13-4-6-14(7-5-13)12-21(19,20)18-11-15-3-2-8-17-10-15/h2-8,10,16,18H,9,11-12H2,1H3. The molecule has 0 spiro atoms. The van der Waals surface area contributed by atoms with Crippen molar-refractivity contribution in [3.05, 3.63) is 65.5 Å². The second kappa shape index (κ2) is 7.31. The van der Waals surface area contributed by atoms with Crippen molar-refractivity contribution in [2.24, 2.45) is 0 Å². The van der Waals surface area contributed by atoms with E-state index in [4.69, 9.17) is 0 Å². The van der Waals surface area contributed by atoms with Crippen molar-refractivity contribution in [3.63, 3.8) is 0 Å². The van der Waals surface area contributed by atoms with Crippen LogP contribution in [0.15, 0.2) is 48.8 Å². The van der Waals surface area contributed by atoms with Crippen LogP contribution in [0.1, 0.15) is 16.7 Å². The van der Waals surface area contributed by atoms with Crippen LogP contribution in [0.5, 0.6) is 0 Å². The molecule has 0 unspecified atom stereocenters. The Morgan fingerprint density at radius 1 is 1.00 bits per heavy atom. The smallest absolute Gasteiger partial charge is 0.216 e. The van der Waals surface area contributed by atoms with Crippen LogP contribution in [0.3, 0.4) is 0 Å². The van der Waals surface area contributed by atoms with Crippen LogP contribution >= 0.6 is 0 Å². The summed E-state index contributed by atoms with van der Waals surface area (Å²) in [4.78, 5) is 3.96. The highest BCUT2D eigenvalue weighted by Crippen LogP contribution is 2.08. The second-order valence-electron chi connectivity index (χ2n) is 4.79. The predicted octanol–water partition coefficient (Wildman–Crippen LogP) is 1.42. The molecule has 1 aromatic heterocycles. The number of sulfonamides is 1. The van der Waals surface area contributed by atoms with E-state index in [1.54, 1.807) is 18.5 Å². The van der Waals surface area contributed by atoms with Crippen LogP contribution in [-0.2, 0) is 28.9 Å². The lowest BCUT2D eigenvalue weighted by Crippen LogP contribution is -2.24. The topological polar surface area (TPSA) is 71.1 Å². The Morgan fingerprint density at radius 3 is 2.33 bits per heavy atom. The van der Waals surface area contributed by atoms with Crippen molar-refractivity contribution in [2.45, 2.75) is 18.8 Å². The SMILES string of the molecule is CNCc1ccc(CS(=O)(=O)NCc2cccnc2)cc1. The van der Waals surface area contributed by atoms with Gasteiger partial charge in [-0.15, -0.1) is 0 Å². The molecule has 0 atom stereocenters. The Kier molecular flexibility index (Phi) is 5.44. The maximum absolute atomic E-state index is 12.0.